The minimum atomic E-state index is -0.127. The number of carbonyl (C=O) groups excluding carboxylic acids is 2. The molecular formula is C24H34N6O2. The molecule has 0 unspecified atom stereocenters. The minimum Gasteiger partial charge on any atom is -0.338 e. The van der Waals surface area contributed by atoms with Crippen LogP contribution in [0.1, 0.15) is 70.0 Å². The highest BCUT2D eigenvalue weighted by Gasteiger charge is 2.17. The first-order valence-corrected chi connectivity index (χ1v) is 12.1. The Morgan fingerprint density at radius 2 is 1.88 bits per heavy atom. The van der Waals surface area contributed by atoms with Gasteiger partial charge in [0.2, 0.25) is 5.91 Å². The van der Waals surface area contributed by atoms with Gasteiger partial charge in [-0.2, -0.15) is 0 Å². The molecule has 0 bridgehead atoms. The Morgan fingerprint density at radius 1 is 1.03 bits per heavy atom. The molecule has 3 amide bonds. The predicted molar refractivity (Wildman–Crippen MR) is 124 cm³/mol. The summed E-state index contributed by atoms with van der Waals surface area (Å²) in [7, 11) is 0. The zero-order chi connectivity index (χ0) is 22.2. The van der Waals surface area contributed by atoms with E-state index in [1.165, 1.54) is 25.7 Å². The van der Waals surface area contributed by atoms with Crippen molar-refractivity contribution in [3.63, 3.8) is 0 Å². The van der Waals surface area contributed by atoms with E-state index in [0.29, 0.717) is 25.4 Å². The highest BCUT2D eigenvalue weighted by Crippen LogP contribution is 2.25. The number of nitrogens with zero attached hydrogens (tertiary/aromatic N) is 3. The largest absolute Gasteiger partial charge is 0.338 e. The smallest absolute Gasteiger partial charge is 0.315 e. The maximum Gasteiger partial charge on any atom is 0.315 e. The Bertz CT molecular complexity index is 919. The first-order chi connectivity index (χ1) is 15.7. The number of benzene rings is 1. The average molecular weight is 439 g/mol. The van der Waals surface area contributed by atoms with Crippen molar-refractivity contribution in [3.8, 4) is 11.4 Å². The van der Waals surface area contributed by atoms with Gasteiger partial charge >= 0.3 is 6.03 Å². The van der Waals surface area contributed by atoms with Crippen LogP contribution in [0.5, 0.6) is 0 Å². The molecule has 2 aromatic rings. The summed E-state index contributed by atoms with van der Waals surface area (Å²) in [5.41, 5.74) is 1.71. The number of hydrogen-bond donors (Lipinski definition) is 3. The molecule has 8 heteroatoms. The molecule has 32 heavy (non-hydrogen) atoms. The number of anilines is 1. The summed E-state index contributed by atoms with van der Waals surface area (Å²) in [6.07, 6.45) is 11.2. The second-order valence-electron chi connectivity index (χ2n) is 8.87. The first kappa shape index (κ1) is 22.3. The Labute approximate surface area is 189 Å². The van der Waals surface area contributed by atoms with Crippen molar-refractivity contribution in [2.75, 3.05) is 11.9 Å². The monoisotopic (exact) mass is 438 g/mol. The molecule has 0 spiro atoms. The number of aryl methyl sites for hydroxylation is 1. The van der Waals surface area contributed by atoms with E-state index in [9.17, 15) is 9.59 Å². The normalized spacial score (nSPS) is 16.6. The van der Waals surface area contributed by atoms with Gasteiger partial charge in [0.25, 0.3) is 0 Å². The van der Waals surface area contributed by atoms with Gasteiger partial charge in [-0.15, -0.1) is 10.2 Å². The summed E-state index contributed by atoms with van der Waals surface area (Å²) < 4.78 is 2.21. The Balaban J connectivity index is 1.23. The fraction of sp³-hybridized carbons (Fsp3) is 0.583. The van der Waals surface area contributed by atoms with Gasteiger partial charge in [0.15, 0.2) is 5.82 Å². The maximum atomic E-state index is 12.4. The topological polar surface area (TPSA) is 101 Å². The molecule has 8 nitrogen and oxygen atoms in total. The molecular weight excluding hydrogens is 404 g/mol. The van der Waals surface area contributed by atoms with Crippen LogP contribution in [0.25, 0.3) is 11.4 Å². The molecule has 4 rings (SSSR count). The number of aromatic nitrogens is 3. The van der Waals surface area contributed by atoms with Crippen molar-refractivity contribution in [2.24, 2.45) is 0 Å². The molecule has 1 aliphatic carbocycles. The SMILES string of the molecule is O=C(CCCNC(=O)NC1CCCCC1)Nc1cccc(-c2nnc3n2CCCCC3)c1. The lowest BCUT2D eigenvalue weighted by Gasteiger charge is -2.22. The zero-order valence-corrected chi connectivity index (χ0v) is 18.7. The highest BCUT2D eigenvalue weighted by atomic mass is 16.2. The number of fused-ring (bicyclic) bond motifs is 1. The van der Waals surface area contributed by atoms with Crippen molar-refractivity contribution in [3.05, 3.63) is 30.1 Å². The van der Waals surface area contributed by atoms with Crippen molar-refractivity contribution in [2.45, 2.75) is 83.2 Å². The van der Waals surface area contributed by atoms with Gasteiger partial charge in [-0.1, -0.05) is 37.8 Å². The molecule has 3 N–H and O–H groups in total. The van der Waals surface area contributed by atoms with Gasteiger partial charge in [-0.3, -0.25) is 4.79 Å². The molecule has 1 aliphatic heterocycles. The van der Waals surface area contributed by atoms with E-state index in [2.05, 4.69) is 30.7 Å². The zero-order valence-electron chi connectivity index (χ0n) is 18.7. The summed E-state index contributed by atoms with van der Waals surface area (Å²) in [6.45, 7) is 1.42. The van der Waals surface area contributed by atoms with Crippen molar-refractivity contribution in [1.29, 1.82) is 0 Å². The van der Waals surface area contributed by atoms with E-state index in [4.69, 9.17) is 0 Å². The molecule has 1 aromatic carbocycles. The van der Waals surface area contributed by atoms with E-state index >= 15 is 0 Å². The van der Waals surface area contributed by atoms with Gasteiger partial charge in [-0.05, 0) is 44.2 Å². The van der Waals surface area contributed by atoms with Crippen LogP contribution in [0.4, 0.5) is 10.5 Å². The van der Waals surface area contributed by atoms with Crippen LogP contribution in [0.3, 0.4) is 0 Å². The van der Waals surface area contributed by atoms with Crippen molar-refractivity contribution < 1.29 is 9.59 Å². The third-order valence-electron chi connectivity index (χ3n) is 6.32. The molecule has 2 aliphatic rings. The van der Waals surface area contributed by atoms with E-state index in [-0.39, 0.29) is 11.9 Å². The lowest BCUT2D eigenvalue weighted by molar-refractivity contribution is -0.116. The van der Waals surface area contributed by atoms with Crippen molar-refractivity contribution >= 4 is 17.6 Å². The highest BCUT2D eigenvalue weighted by molar-refractivity contribution is 5.91. The second-order valence-corrected chi connectivity index (χ2v) is 8.87. The predicted octanol–water partition coefficient (Wildman–Crippen LogP) is 4.02. The minimum absolute atomic E-state index is 0.0586. The molecule has 0 radical (unpaired) electrons. The van der Waals surface area contributed by atoms with Gasteiger partial charge in [0.1, 0.15) is 5.82 Å². The number of amides is 3. The van der Waals surface area contributed by atoms with Crippen LogP contribution in [0, 0.1) is 0 Å². The molecule has 172 valence electrons. The molecule has 1 aromatic heterocycles. The van der Waals surface area contributed by atoms with E-state index in [0.717, 1.165) is 61.5 Å². The third kappa shape index (κ3) is 6.08. The van der Waals surface area contributed by atoms with Gasteiger partial charge in [-0.25, -0.2) is 4.79 Å². The molecule has 2 heterocycles. The number of rotatable bonds is 7. The number of hydrogen-bond acceptors (Lipinski definition) is 4. The van der Waals surface area contributed by atoms with Crippen LogP contribution in [0.2, 0.25) is 0 Å². The summed E-state index contributed by atoms with van der Waals surface area (Å²) in [5, 5.41) is 17.6. The second kappa shape index (κ2) is 11.1. The quantitative estimate of drug-likeness (QED) is 0.568. The van der Waals surface area contributed by atoms with E-state index in [1.54, 1.807) is 0 Å². The fourth-order valence-electron chi connectivity index (χ4n) is 4.59. The summed E-state index contributed by atoms with van der Waals surface area (Å²) in [6, 6.07) is 7.94. The molecule has 1 fully saturated rings. The Kier molecular flexibility index (Phi) is 7.74. The van der Waals surface area contributed by atoms with Gasteiger partial charge in [0.05, 0.1) is 0 Å². The van der Waals surface area contributed by atoms with Crippen LogP contribution < -0.4 is 16.0 Å². The van der Waals surface area contributed by atoms with Crippen molar-refractivity contribution in [1.82, 2.24) is 25.4 Å². The summed E-state index contributed by atoms with van der Waals surface area (Å²) in [5.74, 6) is 1.86. The molecule has 1 saturated carbocycles. The van der Waals surface area contributed by atoms with E-state index in [1.807, 2.05) is 24.3 Å². The Hall–Kier alpha value is -2.90. The van der Waals surface area contributed by atoms with Gasteiger partial charge in [0, 0.05) is 43.2 Å². The first-order valence-electron chi connectivity index (χ1n) is 12.1. The van der Waals surface area contributed by atoms with Crippen LogP contribution >= 0.6 is 0 Å². The Morgan fingerprint density at radius 3 is 2.75 bits per heavy atom. The van der Waals surface area contributed by atoms with Crippen LogP contribution in [-0.4, -0.2) is 39.3 Å². The molecule has 0 atom stereocenters. The van der Waals surface area contributed by atoms with E-state index < -0.39 is 0 Å². The molecule has 0 saturated heterocycles. The number of nitrogens with one attached hydrogen (secondary N) is 3. The average Bonchev–Trinajstić information content (AvgIpc) is 3.06. The summed E-state index contributed by atoms with van der Waals surface area (Å²) >= 11 is 0. The van der Waals surface area contributed by atoms with Gasteiger partial charge < -0.3 is 20.5 Å². The lowest BCUT2D eigenvalue weighted by Crippen LogP contribution is -2.43. The maximum absolute atomic E-state index is 12.4. The fourth-order valence-corrected chi connectivity index (χ4v) is 4.59. The third-order valence-corrected chi connectivity index (χ3v) is 6.32. The van der Waals surface area contributed by atoms with Crippen LogP contribution in [0.15, 0.2) is 24.3 Å². The standard InChI is InChI=1S/C24H34N6O2/c31-22(14-8-15-25-24(32)27-19-10-3-1-4-11-19)26-20-12-7-9-18(17-20)23-29-28-21-13-5-2-6-16-30(21)23/h7,9,12,17,19H,1-6,8,10-11,13-16H2,(H,26,31)(H2,25,27,32). The lowest BCUT2D eigenvalue weighted by atomic mass is 9.96. The van der Waals surface area contributed by atoms with Crippen LogP contribution in [-0.2, 0) is 17.8 Å². The number of carbonyl (C=O) groups is 2. The number of urea groups is 1. The summed E-state index contributed by atoms with van der Waals surface area (Å²) in [4.78, 5) is 24.4.